The Morgan fingerprint density at radius 3 is 1.41 bits per heavy atom. The summed E-state index contributed by atoms with van der Waals surface area (Å²) in [5, 5.41) is 29.1. The van der Waals surface area contributed by atoms with E-state index in [0.29, 0.717) is 25.2 Å². The molecule has 2 aliphatic heterocycles. The number of carbonyl (C=O) groups excluding carboxylic acids is 1. The van der Waals surface area contributed by atoms with E-state index >= 15 is 0 Å². The summed E-state index contributed by atoms with van der Waals surface area (Å²) in [4.78, 5) is 23.2. The number of aromatic hydroxyl groups is 2. The highest BCUT2D eigenvalue weighted by molar-refractivity contribution is 5.85. The highest BCUT2D eigenvalue weighted by atomic mass is 35.5. The number of nitrogens with one attached hydrogen (secondary N) is 1. The first kappa shape index (κ1) is 29.0. The zero-order valence-electron chi connectivity index (χ0n) is 18.0. The van der Waals surface area contributed by atoms with Crippen LogP contribution in [0.4, 0.5) is 17.6 Å². The van der Waals surface area contributed by atoms with E-state index in [9.17, 15) is 27.2 Å². The Labute approximate surface area is 199 Å². The van der Waals surface area contributed by atoms with Crippen LogP contribution in [0.15, 0.2) is 24.3 Å². The normalized spacial score (nSPS) is 13.6. The van der Waals surface area contributed by atoms with Gasteiger partial charge in [0.1, 0.15) is 34.8 Å². The third kappa shape index (κ3) is 8.71. The number of hydrogen-bond acceptors (Lipinski definition) is 5. The monoisotopic (exact) mass is 508 g/mol. The quantitative estimate of drug-likeness (QED) is 0.472. The molecule has 4 N–H and O–H groups in total. The Bertz CT molecular complexity index is 951. The number of carbonyl (C=O) groups is 2. The van der Waals surface area contributed by atoms with E-state index in [2.05, 4.69) is 5.32 Å². The minimum atomic E-state index is -1.33. The topological polar surface area (TPSA) is 110 Å². The summed E-state index contributed by atoms with van der Waals surface area (Å²) in [6.07, 6.45) is 1.29. The van der Waals surface area contributed by atoms with Gasteiger partial charge in [-0.25, -0.2) is 17.6 Å². The van der Waals surface area contributed by atoms with Crippen molar-refractivity contribution in [3.8, 4) is 11.5 Å². The Morgan fingerprint density at radius 1 is 0.794 bits per heavy atom. The van der Waals surface area contributed by atoms with Gasteiger partial charge in [-0.05, 0) is 25.9 Å². The number of likely N-dealkylation sites (tertiary alicyclic amines) is 1. The molecule has 0 aromatic heterocycles. The summed E-state index contributed by atoms with van der Waals surface area (Å²) in [5.74, 6) is -6.53. The average Bonchev–Trinajstić information content (AvgIpc) is 2.58. The van der Waals surface area contributed by atoms with Gasteiger partial charge in [0, 0.05) is 48.5 Å². The summed E-state index contributed by atoms with van der Waals surface area (Å²) in [5.41, 5.74) is -0.833. The van der Waals surface area contributed by atoms with Crippen molar-refractivity contribution in [1.82, 2.24) is 10.2 Å². The first-order valence-electron chi connectivity index (χ1n) is 10.1. The van der Waals surface area contributed by atoms with Crippen molar-refractivity contribution in [2.45, 2.75) is 25.7 Å². The van der Waals surface area contributed by atoms with Gasteiger partial charge in [0.05, 0.1) is 12.8 Å². The zero-order valence-corrected chi connectivity index (χ0v) is 18.8. The molecule has 34 heavy (non-hydrogen) atoms. The highest BCUT2D eigenvalue weighted by Crippen LogP contribution is 2.21. The molecule has 2 aliphatic rings. The molecular weight excluding hydrogens is 484 g/mol. The number of phenols is 2. The molecule has 0 atom stereocenters. The van der Waals surface area contributed by atoms with Gasteiger partial charge in [-0.15, -0.1) is 12.4 Å². The van der Waals surface area contributed by atoms with E-state index in [-0.39, 0.29) is 30.3 Å². The smallest absolute Gasteiger partial charge is 0.308 e. The largest absolute Gasteiger partial charge is 0.508 e. The Kier molecular flexibility index (Phi) is 11.6. The van der Waals surface area contributed by atoms with Gasteiger partial charge < -0.3 is 25.5 Å². The number of carboxylic acid groups (broad SMARTS) is 1. The number of rotatable bonds is 4. The number of phenolic OH excluding ortho intramolecular Hbond substituents is 2. The van der Waals surface area contributed by atoms with Crippen molar-refractivity contribution in [2.24, 2.45) is 0 Å². The summed E-state index contributed by atoms with van der Waals surface area (Å²) < 4.78 is 52.2. The van der Waals surface area contributed by atoms with Crippen molar-refractivity contribution < 1.29 is 42.5 Å². The lowest BCUT2D eigenvalue weighted by Gasteiger charge is -2.31. The van der Waals surface area contributed by atoms with Crippen molar-refractivity contribution in [1.29, 1.82) is 0 Å². The van der Waals surface area contributed by atoms with Crippen LogP contribution in [0.3, 0.4) is 0 Å². The van der Waals surface area contributed by atoms with Gasteiger partial charge in [-0.2, -0.15) is 0 Å². The highest BCUT2D eigenvalue weighted by Gasteiger charge is 2.23. The minimum absolute atomic E-state index is 0. The number of aliphatic carboxylic acids is 1. The lowest BCUT2D eigenvalue weighted by atomic mass is 10.1. The zero-order chi connectivity index (χ0) is 24.5. The van der Waals surface area contributed by atoms with E-state index in [1.807, 2.05) is 0 Å². The van der Waals surface area contributed by atoms with Crippen LogP contribution < -0.4 is 5.32 Å². The standard InChI is InChI=1S/C11H11F2NO2.C8H6F2O3.C3H7N.ClH/c12-9-4-7(15)5-10(13)8(9)6-11(16)14-2-1-3-14;9-6-1-4(11)2-7(10)5(6)3-8(12)13;1-2-4-3-1;/h4-5,15H,1-3,6H2;1-2,11H,3H2,(H,12,13);4H,1-3H2;1H. The van der Waals surface area contributed by atoms with Crippen LogP contribution in [0.5, 0.6) is 11.5 Å². The van der Waals surface area contributed by atoms with Crippen LogP contribution in [-0.2, 0) is 22.4 Å². The van der Waals surface area contributed by atoms with E-state index in [0.717, 1.165) is 18.6 Å². The number of carboxylic acids is 1. The first-order valence-corrected chi connectivity index (χ1v) is 10.1. The van der Waals surface area contributed by atoms with Gasteiger partial charge >= 0.3 is 5.97 Å². The molecule has 0 unspecified atom stereocenters. The fraction of sp³-hybridized carbons (Fsp3) is 0.364. The second kappa shape index (κ2) is 13.6. The molecule has 2 heterocycles. The SMILES string of the molecule is C1CNC1.Cl.O=C(Cc1c(F)cc(O)cc1F)N1CCC1.O=C(O)Cc1c(F)cc(O)cc1F. The van der Waals surface area contributed by atoms with Crippen LogP contribution in [0.2, 0.25) is 0 Å². The average molecular weight is 509 g/mol. The first-order chi connectivity index (χ1) is 15.6. The molecular formula is C22H25ClF4N2O5. The molecule has 0 spiro atoms. The van der Waals surface area contributed by atoms with Crippen molar-refractivity contribution in [3.63, 3.8) is 0 Å². The maximum atomic E-state index is 13.3. The van der Waals surface area contributed by atoms with E-state index in [1.54, 1.807) is 4.90 Å². The van der Waals surface area contributed by atoms with Gasteiger partial charge in [0.15, 0.2) is 0 Å². The molecule has 0 bridgehead atoms. The lowest BCUT2D eigenvalue weighted by molar-refractivity contribution is -0.136. The predicted molar refractivity (Wildman–Crippen MR) is 117 cm³/mol. The van der Waals surface area contributed by atoms with Gasteiger partial charge in [0.25, 0.3) is 0 Å². The van der Waals surface area contributed by atoms with Crippen LogP contribution in [0.25, 0.3) is 0 Å². The number of benzene rings is 2. The molecule has 1 amide bonds. The van der Waals surface area contributed by atoms with Gasteiger partial charge in [-0.3, -0.25) is 9.59 Å². The molecule has 12 heteroatoms. The van der Waals surface area contributed by atoms with E-state index in [1.165, 1.54) is 19.5 Å². The fourth-order valence-electron chi connectivity index (χ4n) is 2.67. The lowest BCUT2D eigenvalue weighted by Crippen LogP contribution is -2.43. The van der Waals surface area contributed by atoms with Crippen molar-refractivity contribution >= 4 is 24.3 Å². The molecule has 4 rings (SSSR count). The summed E-state index contributed by atoms with van der Waals surface area (Å²) in [6, 6.07) is 2.95. The van der Waals surface area contributed by atoms with Crippen LogP contribution in [0, 0.1) is 23.3 Å². The maximum absolute atomic E-state index is 13.3. The Morgan fingerprint density at radius 2 is 1.15 bits per heavy atom. The van der Waals surface area contributed by atoms with Gasteiger partial charge in [0.2, 0.25) is 5.91 Å². The van der Waals surface area contributed by atoms with Crippen LogP contribution in [-0.4, -0.2) is 58.3 Å². The molecule has 2 aromatic rings. The molecule has 2 aromatic carbocycles. The van der Waals surface area contributed by atoms with Crippen LogP contribution >= 0.6 is 12.4 Å². The van der Waals surface area contributed by atoms with Crippen molar-refractivity contribution in [3.05, 3.63) is 58.7 Å². The summed E-state index contributed by atoms with van der Waals surface area (Å²) in [6.45, 7) is 3.81. The molecule has 0 saturated carbocycles. The molecule has 7 nitrogen and oxygen atoms in total. The maximum Gasteiger partial charge on any atom is 0.308 e. The third-order valence-electron chi connectivity index (χ3n) is 4.82. The van der Waals surface area contributed by atoms with E-state index < -0.39 is 52.7 Å². The van der Waals surface area contributed by atoms with Crippen molar-refractivity contribution in [2.75, 3.05) is 26.2 Å². The molecule has 0 radical (unpaired) electrons. The Balaban J connectivity index is 0.000000288. The number of hydrogen-bond donors (Lipinski definition) is 4. The molecule has 0 aliphatic carbocycles. The van der Waals surface area contributed by atoms with E-state index in [4.69, 9.17) is 15.3 Å². The fourth-order valence-corrected chi connectivity index (χ4v) is 2.67. The number of nitrogens with zero attached hydrogens (tertiary/aromatic N) is 1. The summed E-state index contributed by atoms with van der Waals surface area (Å²) >= 11 is 0. The summed E-state index contributed by atoms with van der Waals surface area (Å²) in [7, 11) is 0. The number of amides is 1. The molecule has 2 saturated heterocycles. The van der Waals surface area contributed by atoms with Crippen LogP contribution in [0.1, 0.15) is 24.0 Å². The van der Waals surface area contributed by atoms with Gasteiger partial charge in [-0.1, -0.05) is 0 Å². The Hall–Kier alpha value is -3.05. The second-order valence-corrected chi connectivity index (χ2v) is 7.36. The third-order valence-corrected chi connectivity index (χ3v) is 4.82. The molecule has 2 fully saturated rings. The molecule has 188 valence electrons. The predicted octanol–water partition coefficient (Wildman–Crippen LogP) is 3.14. The second-order valence-electron chi connectivity index (χ2n) is 7.36. The minimum Gasteiger partial charge on any atom is -0.508 e. The number of halogens is 5.